The third-order valence-electron chi connectivity index (χ3n) is 3.57. The molecule has 1 aromatic carbocycles. The van der Waals surface area contributed by atoms with E-state index in [2.05, 4.69) is 28.1 Å². The van der Waals surface area contributed by atoms with Crippen LogP contribution in [0.25, 0.3) is 10.2 Å². The summed E-state index contributed by atoms with van der Waals surface area (Å²) in [6.07, 6.45) is 1.95. The molecule has 4 nitrogen and oxygen atoms in total. The van der Waals surface area contributed by atoms with Crippen LogP contribution in [0, 0.1) is 0 Å². The number of morpholine rings is 1. The molecule has 1 saturated heterocycles. The fourth-order valence-electron chi connectivity index (χ4n) is 2.57. The lowest BCUT2D eigenvalue weighted by molar-refractivity contribution is -0.0330. The van der Waals surface area contributed by atoms with E-state index in [9.17, 15) is 0 Å². The Bertz CT molecular complexity index is 692. The molecule has 0 spiro atoms. The zero-order valence-electron chi connectivity index (χ0n) is 11.4. The first-order chi connectivity index (χ1) is 10.4. The molecular weight excluding hydrogens is 302 g/mol. The van der Waals surface area contributed by atoms with E-state index in [1.807, 2.05) is 17.6 Å². The number of benzene rings is 1. The van der Waals surface area contributed by atoms with Gasteiger partial charge in [-0.15, -0.1) is 22.7 Å². The number of para-hydroxylation sites is 1. The van der Waals surface area contributed by atoms with Gasteiger partial charge in [-0.1, -0.05) is 12.1 Å². The summed E-state index contributed by atoms with van der Waals surface area (Å²) in [7, 11) is 0. The first-order valence-electron chi connectivity index (χ1n) is 6.96. The molecule has 1 aliphatic heterocycles. The molecule has 0 N–H and O–H groups in total. The average Bonchev–Trinajstić information content (AvgIpc) is 3.16. The van der Waals surface area contributed by atoms with E-state index < -0.39 is 0 Å². The lowest BCUT2D eigenvalue weighted by atomic mass is 10.3. The molecule has 108 valence electrons. The Morgan fingerprint density at radius 1 is 1.33 bits per heavy atom. The van der Waals surface area contributed by atoms with E-state index >= 15 is 0 Å². The smallest absolute Gasteiger partial charge is 0.123 e. The van der Waals surface area contributed by atoms with Crippen molar-refractivity contribution in [1.82, 2.24) is 14.9 Å². The van der Waals surface area contributed by atoms with Crippen LogP contribution in [0.1, 0.15) is 16.1 Å². The van der Waals surface area contributed by atoms with Gasteiger partial charge in [-0.25, -0.2) is 9.97 Å². The summed E-state index contributed by atoms with van der Waals surface area (Å²) in [4.78, 5) is 11.5. The molecule has 0 aliphatic carbocycles. The van der Waals surface area contributed by atoms with Crippen LogP contribution in [0.3, 0.4) is 0 Å². The third kappa shape index (κ3) is 2.85. The lowest BCUT2D eigenvalue weighted by Gasteiger charge is -2.31. The molecule has 0 unspecified atom stereocenters. The van der Waals surface area contributed by atoms with Crippen molar-refractivity contribution in [2.24, 2.45) is 0 Å². The quantitative estimate of drug-likeness (QED) is 0.743. The number of hydrogen-bond acceptors (Lipinski definition) is 6. The molecule has 1 aliphatic rings. The van der Waals surface area contributed by atoms with Gasteiger partial charge in [0.15, 0.2) is 0 Å². The second-order valence-electron chi connectivity index (χ2n) is 5.04. The number of hydrogen-bond donors (Lipinski definition) is 0. The van der Waals surface area contributed by atoms with Gasteiger partial charge in [0, 0.05) is 24.7 Å². The highest BCUT2D eigenvalue weighted by Crippen LogP contribution is 2.27. The SMILES string of the molecule is c1ccc2sc(CN3CCO[C@@H](c4nccs4)C3)nc2c1. The minimum Gasteiger partial charge on any atom is -0.368 e. The van der Waals surface area contributed by atoms with Gasteiger partial charge in [0.1, 0.15) is 16.1 Å². The normalized spacial score (nSPS) is 20.1. The van der Waals surface area contributed by atoms with Crippen LogP contribution in [0.4, 0.5) is 0 Å². The third-order valence-corrected chi connectivity index (χ3v) is 5.46. The molecule has 6 heteroatoms. The molecule has 3 aromatic rings. The molecular formula is C15H15N3OS2. The van der Waals surface area contributed by atoms with Crippen LogP contribution in [0.5, 0.6) is 0 Å². The van der Waals surface area contributed by atoms with Gasteiger partial charge in [-0.05, 0) is 12.1 Å². The summed E-state index contributed by atoms with van der Waals surface area (Å²) in [6, 6.07) is 8.32. The first-order valence-corrected chi connectivity index (χ1v) is 8.66. The van der Waals surface area contributed by atoms with Gasteiger partial charge < -0.3 is 4.74 Å². The minimum absolute atomic E-state index is 0.105. The summed E-state index contributed by atoms with van der Waals surface area (Å²) >= 11 is 3.45. The van der Waals surface area contributed by atoms with Crippen LogP contribution in [-0.2, 0) is 11.3 Å². The van der Waals surface area contributed by atoms with E-state index in [-0.39, 0.29) is 6.10 Å². The average molecular weight is 317 g/mol. The second kappa shape index (κ2) is 5.81. The van der Waals surface area contributed by atoms with Crippen LogP contribution >= 0.6 is 22.7 Å². The molecule has 21 heavy (non-hydrogen) atoms. The number of aromatic nitrogens is 2. The second-order valence-corrected chi connectivity index (χ2v) is 7.08. The summed E-state index contributed by atoms with van der Waals surface area (Å²) in [5.74, 6) is 0. The van der Waals surface area contributed by atoms with Crippen LogP contribution in [-0.4, -0.2) is 34.6 Å². The monoisotopic (exact) mass is 317 g/mol. The highest BCUT2D eigenvalue weighted by molar-refractivity contribution is 7.18. The highest BCUT2D eigenvalue weighted by atomic mass is 32.1. The van der Waals surface area contributed by atoms with E-state index in [4.69, 9.17) is 9.72 Å². The Balaban J connectivity index is 1.48. The van der Waals surface area contributed by atoms with Crippen molar-refractivity contribution in [2.45, 2.75) is 12.6 Å². The van der Waals surface area contributed by atoms with Crippen LogP contribution in [0.2, 0.25) is 0 Å². The lowest BCUT2D eigenvalue weighted by Crippen LogP contribution is -2.37. The first kappa shape index (κ1) is 13.3. The van der Waals surface area contributed by atoms with Crippen molar-refractivity contribution in [3.63, 3.8) is 0 Å². The molecule has 1 atom stereocenters. The van der Waals surface area contributed by atoms with Crippen LogP contribution in [0.15, 0.2) is 35.8 Å². The maximum absolute atomic E-state index is 5.84. The predicted molar refractivity (Wildman–Crippen MR) is 85.7 cm³/mol. The maximum Gasteiger partial charge on any atom is 0.123 e. The Labute approximate surface area is 131 Å². The van der Waals surface area contributed by atoms with Gasteiger partial charge in [0.25, 0.3) is 0 Å². The summed E-state index contributed by atoms with van der Waals surface area (Å²) in [5.41, 5.74) is 1.10. The van der Waals surface area contributed by atoms with Crippen molar-refractivity contribution in [3.05, 3.63) is 45.9 Å². The Morgan fingerprint density at radius 2 is 2.29 bits per heavy atom. The molecule has 3 heterocycles. The standard InChI is InChI=1S/C15H15N3OS2/c1-2-4-13-11(3-1)17-14(21-13)10-18-6-7-19-12(9-18)15-16-5-8-20-15/h1-5,8,12H,6-7,9-10H2/t12-/m1/s1. The Hall–Kier alpha value is -1.34. The molecule has 1 fully saturated rings. The van der Waals surface area contributed by atoms with Crippen molar-refractivity contribution < 1.29 is 4.74 Å². The zero-order valence-corrected chi connectivity index (χ0v) is 13.1. The van der Waals surface area contributed by atoms with Gasteiger partial charge >= 0.3 is 0 Å². The fraction of sp³-hybridized carbons (Fsp3) is 0.333. The highest BCUT2D eigenvalue weighted by Gasteiger charge is 2.24. The summed E-state index contributed by atoms with van der Waals surface area (Å²) in [6.45, 7) is 3.50. The van der Waals surface area contributed by atoms with Crippen molar-refractivity contribution >= 4 is 32.9 Å². The Morgan fingerprint density at radius 3 is 3.14 bits per heavy atom. The van der Waals surface area contributed by atoms with Crippen molar-refractivity contribution in [2.75, 3.05) is 19.7 Å². The van der Waals surface area contributed by atoms with Gasteiger partial charge in [-0.2, -0.15) is 0 Å². The Kier molecular flexibility index (Phi) is 3.69. The molecule has 0 radical (unpaired) electrons. The van der Waals surface area contributed by atoms with Gasteiger partial charge in [0.2, 0.25) is 0 Å². The minimum atomic E-state index is 0.105. The van der Waals surface area contributed by atoms with E-state index in [0.29, 0.717) is 0 Å². The fourth-order valence-corrected chi connectivity index (χ4v) is 4.25. The van der Waals surface area contributed by atoms with E-state index in [0.717, 1.165) is 36.8 Å². The van der Waals surface area contributed by atoms with Crippen molar-refractivity contribution in [1.29, 1.82) is 0 Å². The van der Waals surface area contributed by atoms with E-state index in [1.54, 1.807) is 22.7 Å². The summed E-state index contributed by atoms with van der Waals surface area (Å²) in [5, 5.41) is 4.26. The van der Waals surface area contributed by atoms with E-state index in [1.165, 1.54) is 9.71 Å². The maximum atomic E-state index is 5.84. The molecule has 0 saturated carbocycles. The molecule has 2 aromatic heterocycles. The summed E-state index contributed by atoms with van der Waals surface area (Å²) < 4.78 is 7.10. The van der Waals surface area contributed by atoms with Crippen molar-refractivity contribution in [3.8, 4) is 0 Å². The van der Waals surface area contributed by atoms with Gasteiger partial charge in [-0.3, -0.25) is 4.90 Å². The zero-order chi connectivity index (χ0) is 14.1. The van der Waals surface area contributed by atoms with Crippen LogP contribution < -0.4 is 0 Å². The number of rotatable bonds is 3. The number of fused-ring (bicyclic) bond motifs is 1. The number of nitrogens with zero attached hydrogens (tertiary/aromatic N) is 3. The number of ether oxygens (including phenoxy) is 1. The molecule has 0 amide bonds. The van der Waals surface area contributed by atoms with Gasteiger partial charge in [0.05, 0.1) is 23.4 Å². The predicted octanol–water partition coefficient (Wildman–Crippen LogP) is 3.33. The molecule has 0 bridgehead atoms. The largest absolute Gasteiger partial charge is 0.368 e. The number of thiazole rings is 2. The molecule has 4 rings (SSSR count). The topological polar surface area (TPSA) is 38.2 Å².